The van der Waals surface area contributed by atoms with Gasteiger partial charge in [-0.1, -0.05) is 0 Å². The van der Waals surface area contributed by atoms with Crippen LogP contribution in [0, 0.1) is 0 Å². The monoisotopic (exact) mass is 274 g/mol. The molecule has 2 N–H and O–H groups in total. The Bertz CT molecular complexity index is 303. The summed E-state index contributed by atoms with van der Waals surface area (Å²) in [4.78, 5) is 36.0. The fourth-order valence-corrected chi connectivity index (χ4v) is 1.73. The molecule has 7 heteroatoms. The van der Waals surface area contributed by atoms with Crippen LogP contribution in [0.4, 0.5) is 0 Å². The Labute approximate surface area is 112 Å². The van der Waals surface area contributed by atoms with Gasteiger partial charge in [0.2, 0.25) is 0 Å². The first-order valence-corrected chi connectivity index (χ1v) is 6.11. The van der Waals surface area contributed by atoms with Crippen LogP contribution in [-0.4, -0.2) is 83.4 Å². The molecule has 0 bridgehead atoms. The number of Topliss-reactive ketones (excluding diaryl/α,β-unsaturated/α-hetero) is 2. The van der Waals surface area contributed by atoms with Crippen molar-refractivity contribution in [1.82, 2.24) is 9.80 Å². The van der Waals surface area contributed by atoms with E-state index < -0.39 is 5.97 Å². The minimum atomic E-state index is -0.999. The number of ketones is 2. The average Bonchev–Trinajstić information content (AvgIpc) is 2.23. The smallest absolute Gasteiger partial charge is 0.317 e. The number of rotatable bonds is 11. The standard InChI is InChI=1S/C12H22N2O5/c1-10(16)7-13(5-6-15)3-4-14(8-11(2)17)9-12(18)19/h15H,3-9H2,1-2H3,(H,18,19). The maximum atomic E-state index is 11.0. The number of hydrogen-bond acceptors (Lipinski definition) is 6. The lowest BCUT2D eigenvalue weighted by Crippen LogP contribution is -2.42. The second-order valence-corrected chi connectivity index (χ2v) is 4.51. The normalized spacial score (nSPS) is 11.0. The van der Waals surface area contributed by atoms with Gasteiger partial charge in [-0.25, -0.2) is 0 Å². The molecule has 0 aliphatic rings. The van der Waals surface area contributed by atoms with Gasteiger partial charge < -0.3 is 10.2 Å². The third-order valence-electron chi connectivity index (χ3n) is 2.40. The molecule has 19 heavy (non-hydrogen) atoms. The summed E-state index contributed by atoms with van der Waals surface area (Å²) in [6.07, 6.45) is 0. The molecule has 0 saturated heterocycles. The molecule has 0 heterocycles. The van der Waals surface area contributed by atoms with E-state index in [1.807, 2.05) is 0 Å². The molecule has 0 aromatic carbocycles. The zero-order valence-electron chi connectivity index (χ0n) is 11.5. The SMILES string of the molecule is CC(=O)CN(CCO)CCN(CC(C)=O)CC(=O)O. The molecule has 0 aliphatic heterocycles. The molecule has 0 aliphatic carbocycles. The van der Waals surface area contributed by atoms with Crippen LogP contribution in [0.15, 0.2) is 0 Å². The van der Waals surface area contributed by atoms with Crippen LogP contribution in [-0.2, 0) is 14.4 Å². The van der Waals surface area contributed by atoms with Crippen molar-refractivity contribution < 1.29 is 24.6 Å². The molecular weight excluding hydrogens is 252 g/mol. The lowest BCUT2D eigenvalue weighted by atomic mass is 10.3. The molecule has 0 spiro atoms. The second kappa shape index (κ2) is 9.60. The predicted molar refractivity (Wildman–Crippen MR) is 69.0 cm³/mol. The first kappa shape index (κ1) is 17.7. The molecule has 0 aromatic rings. The van der Waals surface area contributed by atoms with Gasteiger partial charge >= 0.3 is 5.97 Å². The van der Waals surface area contributed by atoms with Gasteiger partial charge in [-0.05, 0) is 13.8 Å². The number of hydrogen-bond donors (Lipinski definition) is 2. The first-order chi connectivity index (χ1) is 8.85. The number of nitrogens with zero attached hydrogens (tertiary/aromatic N) is 2. The quantitative estimate of drug-likeness (QED) is 0.490. The third kappa shape index (κ3) is 10.3. The van der Waals surface area contributed by atoms with E-state index in [0.29, 0.717) is 19.6 Å². The molecule has 0 saturated carbocycles. The van der Waals surface area contributed by atoms with Crippen molar-refractivity contribution >= 4 is 17.5 Å². The second-order valence-electron chi connectivity index (χ2n) is 4.51. The number of carboxylic acids is 1. The molecule has 0 amide bonds. The number of aliphatic hydroxyl groups excluding tert-OH is 1. The zero-order valence-corrected chi connectivity index (χ0v) is 11.5. The Hall–Kier alpha value is -1.31. The van der Waals surface area contributed by atoms with Gasteiger partial charge in [-0.15, -0.1) is 0 Å². The van der Waals surface area contributed by atoms with E-state index >= 15 is 0 Å². The first-order valence-electron chi connectivity index (χ1n) is 6.11. The molecule has 7 nitrogen and oxygen atoms in total. The number of carboxylic acid groups (broad SMARTS) is 1. The van der Waals surface area contributed by atoms with Crippen molar-refractivity contribution in [3.63, 3.8) is 0 Å². The highest BCUT2D eigenvalue weighted by molar-refractivity contribution is 5.78. The maximum Gasteiger partial charge on any atom is 0.317 e. The summed E-state index contributed by atoms with van der Waals surface area (Å²) in [5.74, 6) is -1.13. The van der Waals surface area contributed by atoms with Crippen molar-refractivity contribution in [2.24, 2.45) is 0 Å². The van der Waals surface area contributed by atoms with E-state index in [1.54, 1.807) is 4.90 Å². The summed E-state index contributed by atoms with van der Waals surface area (Å²) < 4.78 is 0. The minimum Gasteiger partial charge on any atom is -0.480 e. The van der Waals surface area contributed by atoms with E-state index in [1.165, 1.54) is 18.7 Å². The Morgan fingerprint density at radius 2 is 1.32 bits per heavy atom. The van der Waals surface area contributed by atoms with E-state index in [-0.39, 0.29) is 37.8 Å². The van der Waals surface area contributed by atoms with Gasteiger partial charge in [0.15, 0.2) is 0 Å². The van der Waals surface area contributed by atoms with Crippen LogP contribution in [0.25, 0.3) is 0 Å². The molecule has 0 atom stereocenters. The largest absolute Gasteiger partial charge is 0.480 e. The van der Waals surface area contributed by atoms with Crippen LogP contribution < -0.4 is 0 Å². The van der Waals surface area contributed by atoms with Gasteiger partial charge in [-0.2, -0.15) is 0 Å². The van der Waals surface area contributed by atoms with Gasteiger partial charge in [0.25, 0.3) is 0 Å². The summed E-state index contributed by atoms with van der Waals surface area (Å²) in [6, 6.07) is 0. The molecular formula is C12H22N2O5. The highest BCUT2D eigenvalue weighted by Gasteiger charge is 2.14. The van der Waals surface area contributed by atoms with Crippen LogP contribution in [0.3, 0.4) is 0 Å². The number of carbonyl (C=O) groups is 3. The van der Waals surface area contributed by atoms with Crippen LogP contribution in [0.5, 0.6) is 0 Å². The van der Waals surface area contributed by atoms with Crippen LogP contribution >= 0.6 is 0 Å². The van der Waals surface area contributed by atoms with Crippen molar-refractivity contribution in [3.8, 4) is 0 Å². The topological polar surface area (TPSA) is 98.2 Å². The summed E-state index contributed by atoms with van der Waals surface area (Å²) in [7, 11) is 0. The molecule has 0 unspecified atom stereocenters. The summed E-state index contributed by atoms with van der Waals surface area (Å²) in [5.41, 5.74) is 0. The van der Waals surface area contributed by atoms with Crippen LogP contribution in [0.2, 0.25) is 0 Å². The molecule has 110 valence electrons. The lowest BCUT2D eigenvalue weighted by Gasteiger charge is -2.24. The van der Waals surface area contributed by atoms with Gasteiger partial charge in [0.1, 0.15) is 11.6 Å². The van der Waals surface area contributed by atoms with Crippen LogP contribution in [0.1, 0.15) is 13.8 Å². The van der Waals surface area contributed by atoms with E-state index in [2.05, 4.69) is 0 Å². The van der Waals surface area contributed by atoms with Crippen molar-refractivity contribution in [3.05, 3.63) is 0 Å². The van der Waals surface area contributed by atoms with Crippen molar-refractivity contribution in [2.45, 2.75) is 13.8 Å². The molecule has 0 rings (SSSR count). The van der Waals surface area contributed by atoms with E-state index in [9.17, 15) is 14.4 Å². The van der Waals surface area contributed by atoms with Gasteiger partial charge in [0.05, 0.1) is 26.2 Å². The fraction of sp³-hybridized carbons (Fsp3) is 0.750. The Morgan fingerprint density at radius 1 is 0.842 bits per heavy atom. The predicted octanol–water partition coefficient (Wildman–Crippen LogP) is -1.15. The summed E-state index contributed by atoms with van der Waals surface area (Å²) in [5, 5.41) is 17.6. The number of aliphatic hydroxyl groups is 1. The molecule has 0 aromatic heterocycles. The summed E-state index contributed by atoms with van der Waals surface area (Å²) >= 11 is 0. The summed E-state index contributed by atoms with van der Waals surface area (Å²) in [6.45, 7) is 3.98. The number of aliphatic carboxylic acids is 1. The van der Waals surface area contributed by atoms with Gasteiger partial charge in [-0.3, -0.25) is 24.2 Å². The Balaban J connectivity index is 4.34. The number of carbonyl (C=O) groups excluding carboxylic acids is 2. The third-order valence-corrected chi connectivity index (χ3v) is 2.40. The van der Waals surface area contributed by atoms with Crippen molar-refractivity contribution in [2.75, 3.05) is 45.9 Å². The maximum absolute atomic E-state index is 11.0. The Morgan fingerprint density at radius 3 is 1.74 bits per heavy atom. The molecule has 0 radical (unpaired) electrons. The van der Waals surface area contributed by atoms with E-state index in [4.69, 9.17) is 10.2 Å². The highest BCUT2D eigenvalue weighted by Crippen LogP contribution is 1.94. The van der Waals surface area contributed by atoms with Gasteiger partial charge in [0, 0.05) is 19.6 Å². The molecule has 0 fully saturated rings. The average molecular weight is 274 g/mol. The van der Waals surface area contributed by atoms with Crippen molar-refractivity contribution in [1.29, 1.82) is 0 Å². The highest BCUT2D eigenvalue weighted by atomic mass is 16.4. The fourth-order valence-electron chi connectivity index (χ4n) is 1.73. The zero-order chi connectivity index (χ0) is 14.8. The Kier molecular flexibility index (Phi) is 8.94. The van der Waals surface area contributed by atoms with E-state index in [0.717, 1.165) is 0 Å². The minimum absolute atomic E-state index is 0.0233. The lowest BCUT2D eigenvalue weighted by molar-refractivity contribution is -0.138.